The van der Waals surface area contributed by atoms with Gasteiger partial charge in [0.1, 0.15) is 11.5 Å². The lowest BCUT2D eigenvalue weighted by Crippen LogP contribution is -1.97. The summed E-state index contributed by atoms with van der Waals surface area (Å²) in [7, 11) is 0. The Morgan fingerprint density at radius 1 is 1.30 bits per heavy atom. The molecule has 20 heavy (non-hydrogen) atoms. The molecule has 1 aliphatic carbocycles. The molecular weight excluding hydrogens is 256 g/mol. The highest BCUT2D eigenvalue weighted by Gasteiger charge is 2.28. The fraction of sp³-hybridized carbons (Fsp3) is 0.467. The van der Waals surface area contributed by atoms with Gasteiger partial charge < -0.3 is 14.7 Å². The zero-order valence-corrected chi connectivity index (χ0v) is 11.4. The van der Waals surface area contributed by atoms with Crippen LogP contribution in [0.1, 0.15) is 44.3 Å². The van der Waals surface area contributed by atoms with E-state index in [9.17, 15) is 10.2 Å². The van der Waals surface area contributed by atoms with Gasteiger partial charge in [-0.3, -0.25) is 0 Å². The number of hydrogen-bond donors (Lipinski definition) is 2. The summed E-state index contributed by atoms with van der Waals surface area (Å²) in [5.74, 6) is 2.14. The van der Waals surface area contributed by atoms with Crippen LogP contribution in [0.5, 0.6) is 11.5 Å². The molecule has 2 aromatic rings. The molecule has 5 heteroatoms. The molecule has 0 saturated heterocycles. The first-order valence-corrected chi connectivity index (χ1v) is 7.03. The molecular formula is C15H18N2O3. The fourth-order valence-electron chi connectivity index (χ4n) is 2.89. The molecule has 2 atom stereocenters. The van der Waals surface area contributed by atoms with Crippen LogP contribution in [-0.2, 0) is 0 Å². The Hall–Kier alpha value is -2.04. The number of aromatic nitrogens is 2. The van der Waals surface area contributed by atoms with Crippen LogP contribution in [0.4, 0.5) is 0 Å². The molecule has 5 nitrogen and oxygen atoms in total. The molecule has 3 rings (SSSR count). The highest BCUT2D eigenvalue weighted by atomic mass is 16.5. The topological polar surface area (TPSA) is 79.4 Å². The van der Waals surface area contributed by atoms with Gasteiger partial charge in [-0.1, -0.05) is 18.5 Å². The van der Waals surface area contributed by atoms with Crippen LogP contribution in [0, 0.1) is 5.92 Å². The van der Waals surface area contributed by atoms with Crippen molar-refractivity contribution in [1.82, 2.24) is 10.1 Å². The predicted molar refractivity (Wildman–Crippen MR) is 73.4 cm³/mol. The van der Waals surface area contributed by atoms with Crippen molar-refractivity contribution in [2.45, 2.75) is 38.5 Å². The minimum atomic E-state index is 0.0239. The van der Waals surface area contributed by atoms with E-state index in [4.69, 9.17) is 4.52 Å². The molecule has 0 amide bonds. The van der Waals surface area contributed by atoms with E-state index in [-0.39, 0.29) is 17.4 Å². The predicted octanol–water partition coefficient (Wildman–Crippen LogP) is 3.44. The standard InChI is InChI=1S/C15H18N2O3/c1-2-9-3-4-10(7-9)14-16-15(20-17-14)12-8-11(18)5-6-13(12)19/h5-6,8-10,18-19H,2-4,7H2,1H3. The van der Waals surface area contributed by atoms with Crippen LogP contribution in [0.3, 0.4) is 0 Å². The molecule has 1 saturated carbocycles. The summed E-state index contributed by atoms with van der Waals surface area (Å²) in [5, 5.41) is 23.3. The average molecular weight is 274 g/mol. The molecule has 1 aliphatic rings. The number of nitrogens with zero attached hydrogens (tertiary/aromatic N) is 2. The van der Waals surface area contributed by atoms with Crippen LogP contribution in [-0.4, -0.2) is 20.4 Å². The van der Waals surface area contributed by atoms with Gasteiger partial charge in [-0.25, -0.2) is 0 Å². The van der Waals surface area contributed by atoms with E-state index in [1.54, 1.807) is 0 Å². The molecule has 1 heterocycles. The Balaban J connectivity index is 1.85. The zero-order valence-electron chi connectivity index (χ0n) is 11.4. The molecule has 0 aliphatic heterocycles. The second-order valence-electron chi connectivity index (χ2n) is 5.44. The average Bonchev–Trinajstić information content (AvgIpc) is 3.09. The van der Waals surface area contributed by atoms with Crippen LogP contribution in [0.25, 0.3) is 11.5 Å². The van der Waals surface area contributed by atoms with Crippen molar-refractivity contribution in [1.29, 1.82) is 0 Å². The van der Waals surface area contributed by atoms with Gasteiger partial charge in [0.05, 0.1) is 5.56 Å². The van der Waals surface area contributed by atoms with E-state index in [0.29, 0.717) is 17.3 Å². The Bertz CT molecular complexity index is 609. The van der Waals surface area contributed by atoms with Crippen LogP contribution < -0.4 is 0 Å². The van der Waals surface area contributed by atoms with Crippen molar-refractivity contribution in [3.63, 3.8) is 0 Å². The van der Waals surface area contributed by atoms with Gasteiger partial charge in [-0.15, -0.1) is 0 Å². The smallest absolute Gasteiger partial charge is 0.261 e. The van der Waals surface area contributed by atoms with Gasteiger partial charge in [0.25, 0.3) is 5.89 Å². The Kier molecular flexibility index (Phi) is 3.34. The van der Waals surface area contributed by atoms with Crippen molar-refractivity contribution < 1.29 is 14.7 Å². The first-order chi connectivity index (χ1) is 9.67. The third-order valence-electron chi connectivity index (χ3n) is 4.14. The molecule has 2 unspecified atom stereocenters. The number of hydrogen-bond acceptors (Lipinski definition) is 5. The van der Waals surface area contributed by atoms with Gasteiger partial charge in [0, 0.05) is 5.92 Å². The molecule has 0 radical (unpaired) electrons. The number of rotatable bonds is 3. The first kappa shape index (κ1) is 13.0. The first-order valence-electron chi connectivity index (χ1n) is 7.03. The third kappa shape index (κ3) is 2.35. The largest absolute Gasteiger partial charge is 0.508 e. The monoisotopic (exact) mass is 274 g/mol. The van der Waals surface area contributed by atoms with Crippen LogP contribution in [0.2, 0.25) is 0 Å². The van der Waals surface area contributed by atoms with Crippen molar-refractivity contribution in [3.8, 4) is 23.0 Å². The van der Waals surface area contributed by atoms with E-state index < -0.39 is 0 Å². The number of phenolic OH excluding ortho intramolecular Hbond substituents is 2. The molecule has 1 aromatic carbocycles. The van der Waals surface area contributed by atoms with E-state index in [1.807, 2.05) is 0 Å². The van der Waals surface area contributed by atoms with Gasteiger partial charge in [0.15, 0.2) is 5.82 Å². The number of aromatic hydroxyl groups is 2. The summed E-state index contributed by atoms with van der Waals surface area (Å²) in [6.45, 7) is 2.21. The summed E-state index contributed by atoms with van der Waals surface area (Å²) < 4.78 is 5.24. The Labute approximate surface area is 117 Å². The normalized spacial score (nSPS) is 22.2. The summed E-state index contributed by atoms with van der Waals surface area (Å²) in [4.78, 5) is 4.38. The maximum Gasteiger partial charge on any atom is 0.261 e. The minimum Gasteiger partial charge on any atom is -0.508 e. The SMILES string of the molecule is CCC1CCC(c2noc(-c3cc(O)ccc3O)n2)C1. The van der Waals surface area contributed by atoms with E-state index in [2.05, 4.69) is 17.1 Å². The maximum atomic E-state index is 9.80. The summed E-state index contributed by atoms with van der Waals surface area (Å²) in [6.07, 6.45) is 4.59. The van der Waals surface area contributed by atoms with Gasteiger partial charge in [0.2, 0.25) is 0 Å². The molecule has 0 bridgehead atoms. The Morgan fingerprint density at radius 2 is 2.15 bits per heavy atom. The van der Waals surface area contributed by atoms with Gasteiger partial charge in [-0.2, -0.15) is 4.98 Å². The van der Waals surface area contributed by atoms with Crippen molar-refractivity contribution in [3.05, 3.63) is 24.0 Å². The minimum absolute atomic E-state index is 0.0239. The highest BCUT2D eigenvalue weighted by molar-refractivity contribution is 5.64. The summed E-state index contributed by atoms with van der Waals surface area (Å²) in [6, 6.07) is 4.26. The van der Waals surface area contributed by atoms with Crippen LogP contribution >= 0.6 is 0 Å². The fourth-order valence-corrected chi connectivity index (χ4v) is 2.89. The van der Waals surface area contributed by atoms with Gasteiger partial charge >= 0.3 is 0 Å². The lowest BCUT2D eigenvalue weighted by Gasteiger charge is -2.04. The highest BCUT2D eigenvalue weighted by Crippen LogP contribution is 2.39. The van der Waals surface area contributed by atoms with E-state index in [0.717, 1.165) is 18.8 Å². The lowest BCUT2D eigenvalue weighted by molar-refractivity contribution is 0.408. The number of benzene rings is 1. The van der Waals surface area contributed by atoms with Gasteiger partial charge in [-0.05, 0) is 43.4 Å². The molecule has 0 spiro atoms. The number of phenols is 2. The van der Waals surface area contributed by atoms with E-state index in [1.165, 1.54) is 31.0 Å². The molecule has 1 fully saturated rings. The third-order valence-corrected chi connectivity index (χ3v) is 4.14. The second-order valence-corrected chi connectivity index (χ2v) is 5.44. The summed E-state index contributed by atoms with van der Waals surface area (Å²) in [5.41, 5.74) is 0.369. The molecule has 106 valence electrons. The Morgan fingerprint density at radius 3 is 2.90 bits per heavy atom. The van der Waals surface area contributed by atoms with Crippen molar-refractivity contribution >= 4 is 0 Å². The van der Waals surface area contributed by atoms with Crippen molar-refractivity contribution in [2.24, 2.45) is 5.92 Å². The quantitative estimate of drug-likeness (QED) is 0.838. The van der Waals surface area contributed by atoms with Crippen LogP contribution in [0.15, 0.2) is 22.7 Å². The maximum absolute atomic E-state index is 9.80. The molecule has 1 aromatic heterocycles. The second kappa shape index (κ2) is 5.15. The van der Waals surface area contributed by atoms with E-state index >= 15 is 0 Å². The van der Waals surface area contributed by atoms with Crippen molar-refractivity contribution in [2.75, 3.05) is 0 Å². The molecule has 2 N–H and O–H groups in total. The lowest BCUT2D eigenvalue weighted by atomic mass is 10.0. The summed E-state index contributed by atoms with van der Waals surface area (Å²) >= 11 is 0. The zero-order chi connectivity index (χ0) is 14.1.